The lowest BCUT2D eigenvalue weighted by Crippen LogP contribution is -2.44. The molecule has 3 aliphatic rings. The second-order valence-electron chi connectivity index (χ2n) is 7.11. The molecule has 27 heavy (non-hydrogen) atoms. The molecule has 3 heterocycles. The first-order valence-corrected chi connectivity index (χ1v) is 10.2. The van der Waals surface area contributed by atoms with E-state index in [2.05, 4.69) is 25.9 Å². The van der Waals surface area contributed by atoms with Crippen LogP contribution in [0.3, 0.4) is 0 Å². The summed E-state index contributed by atoms with van der Waals surface area (Å²) in [6.07, 6.45) is 0.990. The van der Waals surface area contributed by atoms with Gasteiger partial charge in [0.25, 0.3) is 5.91 Å². The summed E-state index contributed by atoms with van der Waals surface area (Å²) in [7, 11) is 0. The molecular weight excluding hydrogens is 430 g/mol. The summed E-state index contributed by atoms with van der Waals surface area (Å²) in [5.74, 6) is -0.683. The van der Waals surface area contributed by atoms with Crippen molar-refractivity contribution in [3.63, 3.8) is 0 Å². The molecule has 0 bridgehead atoms. The van der Waals surface area contributed by atoms with Crippen molar-refractivity contribution in [3.8, 4) is 0 Å². The minimum Gasteiger partial charge on any atom is -0.274 e. The van der Waals surface area contributed by atoms with Gasteiger partial charge in [0.1, 0.15) is 6.04 Å². The highest BCUT2D eigenvalue weighted by atomic mass is 79.9. The predicted octanol–water partition coefficient (Wildman–Crippen LogP) is 3.64. The van der Waals surface area contributed by atoms with E-state index < -0.39 is 12.0 Å². The van der Waals surface area contributed by atoms with E-state index >= 15 is 0 Å². The molecule has 0 aliphatic carbocycles. The summed E-state index contributed by atoms with van der Waals surface area (Å²) in [4.78, 5) is 28.1. The van der Waals surface area contributed by atoms with Crippen LogP contribution >= 0.6 is 27.5 Å². The van der Waals surface area contributed by atoms with E-state index in [-0.39, 0.29) is 17.9 Å². The highest BCUT2D eigenvalue weighted by molar-refractivity contribution is 9.10. The van der Waals surface area contributed by atoms with Gasteiger partial charge in [-0.3, -0.25) is 9.59 Å². The molecule has 5 nitrogen and oxygen atoms in total. The summed E-state index contributed by atoms with van der Waals surface area (Å²) >= 11 is 9.54. The molecule has 3 unspecified atom stereocenters. The third kappa shape index (κ3) is 2.51. The van der Waals surface area contributed by atoms with E-state index in [0.29, 0.717) is 10.7 Å². The zero-order valence-electron chi connectivity index (χ0n) is 14.4. The molecular formula is C20H17BrClN3O2. The van der Waals surface area contributed by atoms with Crippen molar-refractivity contribution >= 4 is 45.0 Å². The molecule has 5 rings (SSSR count). The van der Waals surface area contributed by atoms with Crippen LogP contribution in [0.4, 0.5) is 5.69 Å². The fourth-order valence-corrected chi connectivity index (χ4v) is 5.23. The van der Waals surface area contributed by atoms with Crippen LogP contribution in [0.25, 0.3) is 0 Å². The Hall–Kier alpha value is -1.73. The van der Waals surface area contributed by atoms with Gasteiger partial charge in [-0.05, 0) is 52.2 Å². The van der Waals surface area contributed by atoms with Crippen molar-refractivity contribution in [1.82, 2.24) is 10.0 Å². The van der Waals surface area contributed by atoms with Gasteiger partial charge in [0.05, 0.1) is 17.6 Å². The number of benzene rings is 2. The summed E-state index contributed by atoms with van der Waals surface area (Å²) in [6, 6.07) is 14.4. The van der Waals surface area contributed by atoms with Gasteiger partial charge in [0, 0.05) is 22.6 Å². The number of anilines is 1. The lowest BCUT2D eigenvalue weighted by atomic mass is 9.90. The summed E-state index contributed by atoms with van der Waals surface area (Å²) in [5.41, 5.74) is 1.64. The molecule has 138 valence electrons. The van der Waals surface area contributed by atoms with E-state index in [0.717, 1.165) is 29.5 Å². The number of rotatable bonds is 2. The predicted molar refractivity (Wildman–Crippen MR) is 106 cm³/mol. The van der Waals surface area contributed by atoms with Crippen molar-refractivity contribution in [2.75, 3.05) is 18.0 Å². The van der Waals surface area contributed by atoms with Crippen molar-refractivity contribution in [3.05, 3.63) is 63.6 Å². The highest BCUT2D eigenvalue weighted by Crippen LogP contribution is 2.49. The van der Waals surface area contributed by atoms with Gasteiger partial charge in [0.15, 0.2) is 0 Å². The number of nitrogens with zero attached hydrogens (tertiary/aromatic N) is 3. The molecule has 0 aromatic heterocycles. The average Bonchev–Trinajstić information content (AvgIpc) is 3.30. The lowest BCUT2D eigenvalue weighted by Gasteiger charge is -2.30. The molecule has 2 aromatic rings. The van der Waals surface area contributed by atoms with E-state index in [1.54, 1.807) is 6.07 Å². The number of para-hydroxylation sites is 1. The first kappa shape index (κ1) is 17.4. The van der Waals surface area contributed by atoms with Crippen LogP contribution in [0.2, 0.25) is 5.02 Å². The number of hydrazine groups is 1. The number of carbonyl (C=O) groups is 2. The van der Waals surface area contributed by atoms with Crippen molar-refractivity contribution in [2.45, 2.75) is 18.5 Å². The Morgan fingerprint density at radius 1 is 0.889 bits per heavy atom. The SMILES string of the molecule is O=C1C2C(C(=O)N1c1ccccc1Br)N1CCCN1C2c1ccc(Cl)cc1. The quantitative estimate of drug-likeness (QED) is 0.661. The Labute approximate surface area is 170 Å². The number of hydrogen-bond donors (Lipinski definition) is 0. The van der Waals surface area contributed by atoms with Crippen molar-refractivity contribution < 1.29 is 9.59 Å². The molecule has 0 N–H and O–H groups in total. The minimum atomic E-state index is -0.437. The third-order valence-corrected chi connectivity index (χ3v) is 6.63. The highest BCUT2D eigenvalue weighted by Gasteiger charge is 2.62. The third-order valence-electron chi connectivity index (χ3n) is 5.71. The number of halogens is 2. The minimum absolute atomic E-state index is 0.133. The van der Waals surface area contributed by atoms with E-state index in [1.807, 2.05) is 42.5 Å². The van der Waals surface area contributed by atoms with Crippen LogP contribution in [0.1, 0.15) is 18.0 Å². The maximum atomic E-state index is 13.4. The first-order valence-electron chi connectivity index (χ1n) is 8.99. The topological polar surface area (TPSA) is 43.9 Å². The van der Waals surface area contributed by atoms with Gasteiger partial charge in [-0.25, -0.2) is 14.9 Å². The molecule has 7 heteroatoms. The number of fused-ring (bicyclic) bond motifs is 3. The van der Waals surface area contributed by atoms with Gasteiger partial charge in [-0.1, -0.05) is 35.9 Å². The van der Waals surface area contributed by atoms with Crippen LogP contribution in [0.15, 0.2) is 53.0 Å². The van der Waals surface area contributed by atoms with Crippen molar-refractivity contribution in [1.29, 1.82) is 0 Å². The molecule has 0 spiro atoms. The molecule has 3 atom stereocenters. The fourth-order valence-electron chi connectivity index (χ4n) is 4.64. The Kier molecular flexibility index (Phi) is 4.13. The molecule has 3 aliphatic heterocycles. The van der Waals surface area contributed by atoms with Crippen molar-refractivity contribution in [2.24, 2.45) is 5.92 Å². The second kappa shape index (κ2) is 6.41. The molecule has 2 aromatic carbocycles. The summed E-state index contributed by atoms with van der Waals surface area (Å²) in [5, 5.41) is 4.96. The van der Waals surface area contributed by atoms with Gasteiger partial charge in [0.2, 0.25) is 5.91 Å². The van der Waals surface area contributed by atoms with Gasteiger partial charge in [-0.15, -0.1) is 0 Å². The molecule has 0 saturated carbocycles. The zero-order chi connectivity index (χ0) is 18.7. The lowest BCUT2D eigenvalue weighted by molar-refractivity contribution is -0.126. The average molecular weight is 447 g/mol. The van der Waals surface area contributed by atoms with Crippen LogP contribution < -0.4 is 4.90 Å². The number of carbonyl (C=O) groups excluding carboxylic acids is 2. The van der Waals surface area contributed by atoms with Crippen LogP contribution in [0, 0.1) is 5.92 Å². The Morgan fingerprint density at radius 3 is 2.26 bits per heavy atom. The largest absolute Gasteiger partial charge is 0.274 e. The Balaban J connectivity index is 1.60. The van der Waals surface area contributed by atoms with E-state index in [9.17, 15) is 9.59 Å². The van der Waals surface area contributed by atoms with Gasteiger partial charge in [-0.2, -0.15) is 0 Å². The maximum absolute atomic E-state index is 13.4. The van der Waals surface area contributed by atoms with Crippen LogP contribution in [-0.2, 0) is 9.59 Å². The normalized spacial score (nSPS) is 28.1. The maximum Gasteiger partial charge on any atom is 0.253 e. The van der Waals surface area contributed by atoms with Crippen LogP contribution in [0.5, 0.6) is 0 Å². The molecule has 2 amide bonds. The molecule has 3 fully saturated rings. The summed E-state index contributed by atoms with van der Waals surface area (Å²) in [6.45, 7) is 1.66. The standard InChI is InChI=1S/C20H17BrClN3O2/c21-14-4-1-2-5-15(14)25-19(26)16-17(12-6-8-13(22)9-7-12)23-10-3-11-24(23)18(16)20(25)27/h1-2,4-9,16-18H,3,10-11H2. The van der Waals surface area contributed by atoms with E-state index in [4.69, 9.17) is 11.6 Å². The number of hydrogen-bond acceptors (Lipinski definition) is 4. The molecule has 0 radical (unpaired) electrons. The first-order chi connectivity index (χ1) is 13.1. The number of imide groups is 1. The van der Waals surface area contributed by atoms with Gasteiger partial charge >= 0.3 is 0 Å². The number of amides is 2. The Bertz CT molecular complexity index is 935. The Morgan fingerprint density at radius 2 is 1.56 bits per heavy atom. The smallest absolute Gasteiger partial charge is 0.253 e. The van der Waals surface area contributed by atoms with Gasteiger partial charge < -0.3 is 0 Å². The molecule has 3 saturated heterocycles. The zero-order valence-corrected chi connectivity index (χ0v) is 16.7. The van der Waals surface area contributed by atoms with E-state index in [1.165, 1.54) is 4.90 Å². The fraction of sp³-hybridized carbons (Fsp3) is 0.300. The summed E-state index contributed by atoms with van der Waals surface area (Å²) < 4.78 is 0.744. The second-order valence-corrected chi connectivity index (χ2v) is 8.40. The van der Waals surface area contributed by atoms with Crippen LogP contribution in [-0.4, -0.2) is 41.0 Å². The monoisotopic (exact) mass is 445 g/mol.